The lowest BCUT2D eigenvalue weighted by Gasteiger charge is -2.36. The summed E-state index contributed by atoms with van der Waals surface area (Å²) in [6, 6.07) is 20.2. The highest BCUT2D eigenvalue weighted by molar-refractivity contribution is 6.15. The molecule has 1 saturated heterocycles. The molecular weight excluding hydrogens is 452 g/mol. The summed E-state index contributed by atoms with van der Waals surface area (Å²) in [7, 11) is 0. The van der Waals surface area contributed by atoms with Crippen LogP contribution < -0.4 is 15.0 Å². The van der Waals surface area contributed by atoms with E-state index in [0.717, 1.165) is 51.9 Å². The summed E-state index contributed by atoms with van der Waals surface area (Å²) in [5.74, 6) is 2.05. The number of piperazine rings is 1. The Labute approximate surface area is 208 Å². The molecule has 36 heavy (non-hydrogen) atoms. The summed E-state index contributed by atoms with van der Waals surface area (Å²) in [5, 5.41) is 6.44. The molecule has 1 fully saturated rings. The third kappa shape index (κ3) is 4.29. The normalized spacial score (nSPS) is 13.8. The molecule has 3 heterocycles. The standard InChI is InChI=1S/C28H26N6O2/c1-19-29-16-23(17-30-19)36-22-9-7-21(8-10-22)33-12-14-34(15-13-33)28(35)32-26-18-31-25-11-6-20-4-2-3-5-24(20)27(25)26/h2-11,16-18,31H,12-15H2,1H3,(H,32,35). The van der Waals surface area contributed by atoms with Crippen molar-refractivity contribution in [2.24, 2.45) is 0 Å². The molecule has 1 aliphatic heterocycles. The van der Waals surface area contributed by atoms with Crippen molar-refractivity contribution >= 4 is 39.1 Å². The fourth-order valence-electron chi connectivity index (χ4n) is 4.66. The molecule has 3 aromatic carbocycles. The van der Waals surface area contributed by atoms with Crippen molar-refractivity contribution in [1.82, 2.24) is 19.9 Å². The van der Waals surface area contributed by atoms with E-state index in [1.165, 1.54) is 0 Å². The second kappa shape index (κ2) is 9.22. The Morgan fingerprint density at radius 3 is 2.44 bits per heavy atom. The van der Waals surface area contributed by atoms with Crippen molar-refractivity contribution in [2.75, 3.05) is 36.4 Å². The van der Waals surface area contributed by atoms with E-state index in [0.29, 0.717) is 24.7 Å². The lowest BCUT2D eigenvalue weighted by molar-refractivity contribution is 0.208. The quantitative estimate of drug-likeness (QED) is 0.353. The number of hydrogen-bond donors (Lipinski definition) is 2. The van der Waals surface area contributed by atoms with Gasteiger partial charge < -0.3 is 24.8 Å². The van der Waals surface area contributed by atoms with Crippen LogP contribution in [0.3, 0.4) is 0 Å². The predicted octanol–water partition coefficient (Wildman–Crippen LogP) is 5.57. The summed E-state index contributed by atoms with van der Waals surface area (Å²) >= 11 is 0. The number of aromatic nitrogens is 3. The zero-order valence-corrected chi connectivity index (χ0v) is 19.9. The lowest BCUT2D eigenvalue weighted by Crippen LogP contribution is -2.50. The number of carbonyl (C=O) groups excluding carboxylic acids is 1. The van der Waals surface area contributed by atoms with Gasteiger partial charge in [0.05, 0.1) is 18.1 Å². The van der Waals surface area contributed by atoms with Crippen molar-refractivity contribution < 1.29 is 9.53 Å². The number of nitrogens with zero attached hydrogens (tertiary/aromatic N) is 4. The Morgan fingerprint density at radius 2 is 1.67 bits per heavy atom. The van der Waals surface area contributed by atoms with Gasteiger partial charge in [-0.05, 0) is 48.0 Å². The highest BCUT2D eigenvalue weighted by atomic mass is 16.5. The SMILES string of the molecule is Cc1ncc(Oc2ccc(N3CCN(C(=O)Nc4c[nH]c5ccc6ccccc6c45)CC3)cc2)cn1. The minimum atomic E-state index is -0.0763. The Kier molecular flexibility index (Phi) is 5.61. The summed E-state index contributed by atoms with van der Waals surface area (Å²) in [6.45, 7) is 4.65. The van der Waals surface area contributed by atoms with Crippen LogP contribution in [-0.4, -0.2) is 52.1 Å². The molecule has 0 unspecified atom stereocenters. The van der Waals surface area contributed by atoms with E-state index in [9.17, 15) is 4.79 Å². The first-order valence-electron chi connectivity index (χ1n) is 12.0. The summed E-state index contributed by atoms with van der Waals surface area (Å²) in [5.41, 5.74) is 2.92. The van der Waals surface area contributed by atoms with E-state index in [2.05, 4.69) is 49.4 Å². The zero-order valence-electron chi connectivity index (χ0n) is 19.9. The van der Waals surface area contributed by atoms with E-state index in [4.69, 9.17) is 4.74 Å². The topological polar surface area (TPSA) is 86.4 Å². The van der Waals surface area contributed by atoms with Gasteiger partial charge in [-0.1, -0.05) is 30.3 Å². The number of aryl methyl sites for hydroxylation is 1. The van der Waals surface area contributed by atoms with Crippen LogP contribution in [0, 0.1) is 6.92 Å². The molecule has 2 N–H and O–H groups in total. The Hall–Kier alpha value is -4.59. The molecule has 0 spiro atoms. The van der Waals surface area contributed by atoms with Gasteiger partial charge in [-0.25, -0.2) is 14.8 Å². The van der Waals surface area contributed by atoms with Crippen LogP contribution in [0.4, 0.5) is 16.2 Å². The van der Waals surface area contributed by atoms with Gasteiger partial charge in [0.15, 0.2) is 5.75 Å². The minimum absolute atomic E-state index is 0.0763. The first kappa shape index (κ1) is 21.9. The fourth-order valence-corrected chi connectivity index (χ4v) is 4.66. The zero-order chi connectivity index (χ0) is 24.5. The summed E-state index contributed by atoms with van der Waals surface area (Å²) < 4.78 is 5.82. The number of hydrogen-bond acceptors (Lipinski definition) is 5. The molecule has 1 aliphatic rings. The predicted molar refractivity (Wildman–Crippen MR) is 142 cm³/mol. The van der Waals surface area contributed by atoms with E-state index < -0.39 is 0 Å². The van der Waals surface area contributed by atoms with Gasteiger partial charge in [-0.3, -0.25) is 0 Å². The average Bonchev–Trinajstić information content (AvgIpc) is 3.34. The molecule has 0 radical (unpaired) electrons. The molecule has 2 amide bonds. The number of H-pyrrole nitrogens is 1. The number of amides is 2. The second-order valence-electron chi connectivity index (χ2n) is 8.88. The second-order valence-corrected chi connectivity index (χ2v) is 8.88. The maximum atomic E-state index is 13.1. The largest absolute Gasteiger partial charge is 0.454 e. The van der Waals surface area contributed by atoms with Crippen molar-refractivity contribution in [2.45, 2.75) is 6.92 Å². The van der Waals surface area contributed by atoms with Crippen molar-refractivity contribution in [3.05, 3.63) is 85.1 Å². The molecule has 8 nitrogen and oxygen atoms in total. The van der Waals surface area contributed by atoms with E-state index in [-0.39, 0.29) is 6.03 Å². The number of ether oxygens (including phenoxy) is 1. The van der Waals surface area contributed by atoms with E-state index in [1.54, 1.807) is 12.4 Å². The third-order valence-electron chi connectivity index (χ3n) is 6.57. The number of rotatable bonds is 4. The molecular formula is C28H26N6O2. The summed E-state index contributed by atoms with van der Waals surface area (Å²) in [4.78, 5) is 28.8. The minimum Gasteiger partial charge on any atom is -0.454 e. The van der Waals surface area contributed by atoms with Crippen LogP contribution in [0.25, 0.3) is 21.7 Å². The number of urea groups is 1. The first-order chi connectivity index (χ1) is 17.6. The van der Waals surface area contributed by atoms with Crippen LogP contribution in [0.2, 0.25) is 0 Å². The fraction of sp³-hybridized carbons (Fsp3) is 0.179. The maximum absolute atomic E-state index is 13.1. The molecule has 0 aliphatic carbocycles. The number of anilines is 2. The number of carbonyl (C=O) groups is 1. The highest BCUT2D eigenvalue weighted by Crippen LogP contribution is 2.31. The smallest absolute Gasteiger partial charge is 0.322 e. The van der Waals surface area contributed by atoms with Crippen LogP contribution in [-0.2, 0) is 0 Å². The molecule has 0 saturated carbocycles. The number of nitrogens with one attached hydrogen (secondary N) is 2. The number of benzene rings is 3. The van der Waals surface area contributed by atoms with Gasteiger partial charge in [0.25, 0.3) is 0 Å². The van der Waals surface area contributed by atoms with Crippen LogP contribution in [0.1, 0.15) is 5.82 Å². The molecule has 5 aromatic rings. The van der Waals surface area contributed by atoms with Crippen molar-refractivity contribution in [3.63, 3.8) is 0 Å². The molecule has 2 aromatic heterocycles. The van der Waals surface area contributed by atoms with E-state index in [1.807, 2.05) is 54.4 Å². The molecule has 180 valence electrons. The van der Waals surface area contributed by atoms with Crippen LogP contribution in [0.5, 0.6) is 11.5 Å². The first-order valence-corrected chi connectivity index (χ1v) is 12.0. The van der Waals surface area contributed by atoms with Crippen LogP contribution >= 0.6 is 0 Å². The third-order valence-corrected chi connectivity index (χ3v) is 6.57. The van der Waals surface area contributed by atoms with Gasteiger partial charge in [0.1, 0.15) is 11.6 Å². The molecule has 0 atom stereocenters. The lowest BCUT2D eigenvalue weighted by atomic mass is 10.1. The average molecular weight is 479 g/mol. The Balaban J connectivity index is 1.09. The number of fused-ring (bicyclic) bond motifs is 3. The van der Waals surface area contributed by atoms with Gasteiger partial charge in [0, 0.05) is 49.0 Å². The Morgan fingerprint density at radius 1 is 0.917 bits per heavy atom. The summed E-state index contributed by atoms with van der Waals surface area (Å²) in [6.07, 6.45) is 5.20. The molecule has 8 heteroatoms. The van der Waals surface area contributed by atoms with Gasteiger partial charge >= 0.3 is 6.03 Å². The maximum Gasteiger partial charge on any atom is 0.322 e. The van der Waals surface area contributed by atoms with Crippen molar-refractivity contribution in [1.29, 1.82) is 0 Å². The van der Waals surface area contributed by atoms with Gasteiger partial charge in [0.2, 0.25) is 0 Å². The molecule has 6 rings (SSSR count). The highest BCUT2D eigenvalue weighted by Gasteiger charge is 2.22. The van der Waals surface area contributed by atoms with Crippen molar-refractivity contribution in [3.8, 4) is 11.5 Å². The van der Waals surface area contributed by atoms with Gasteiger partial charge in [-0.2, -0.15) is 0 Å². The number of aromatic amines is 1. The monoisotopic (exact) mass is 478 g/mol. The Bertz CT molecular complexity index is 1520. The van der Waals surface area contributed by atoms with Crippen LogP contribution in [0.15, 0.2) is 79.3 Å². The van der Waals surface area contributed by atoms with E-state index >= 15 is 0 Å². The molecule has 0 bridgehead atoms. The van der Waals surface area contributed by atoms with Gasteiger partial charge in [-0.15, -0.1) is 0 Å².